The highest BCUT2D eigenvalue weighted by Crippen LogP contribution is 2.44. The molecule has 6 heterocycles. The molecule has 4 aliphatic rings. The standard InChI is InChI=1S/C23H24ClFN8O/c24-17-1-2-18-16(5-17)7-30(13-23(25)14-34-15-23)8-20-28-29-21(33(18)20)32-11-22(12-32)9-31(10-22)19-6-26-3-4-27-19/h1-6H,7-15H2. The molecule has 0 unspecified atom stereocenters. The molecule has 0 bridgehead atoms. The Hall–Kier alpha value is -2.82. The molecule has 0 aliphatic carbocycles. The molecule has 0 N–H and O–H groups in total. The summed E-state index contributed by atoms with van der Waals surface area (Å²) in [5.74, 6) is 2.58. The minimum absolute atomic E-state index is 0.144. The van der Waals surface area contributed by atoms with Crippen LogP contribution in [0.25, 0.3) is 5.69 Å². The SMILES string of the molecule is FC1(CN2Cc3cc(Cl)ccc3-n3c(nnc3N3CC4(CN(c5cnccn5)C4)C3)C2)COC1. The first-order valence-corrected chi connectivity index (χ1v) is 11.9. The molecule has 7 rings (SSSR count). The molecule has 4 aliphatic heterocycles. The molecule has 34 heavy (non-hydrogen) atoms. The largest absolute Gasteiger partial charge is 0.375 e. The molecule has 1 aromatic carbocycles. The highest BCUT2D eigenvalue weighted by Gasteiger charge is 2.53. The molecular weight excluding hydrogens is 459 g/mol. The van der Waals surface area contributed by atoms with Gasteiger partial charge in [0.25, 0.3) is 0 Å². The average Bonchev–Trinajstić information content (AvgIpc) is 3.07. The Labute approximate surface area is 201 Å². The number of ether oxygens (including phenoxy) is 1. The van der Waals surface area contributed by atoms with E-state index in [1.54, 1.807) is 12.4 Å². The van der Waals surface area contributed by atoms with Gasteiger partial charge in [-0.1, -0.05) is 11.6 Å². The second-order valence-electron chi connectivity index (χ2n) is 10.1. The Balaban J connectivity index is 1.14. The topological polar surface area (TPSA) is 75.4 Å². The van der Waals surface area contributed by atoms with Crippen LogP contribution in [0.2, 0.25) is 5.02 Å². The number of anilines is 2. The second kappa shape index (κ2) is 7.34. The van der Waals surface area contributed by atoms with E-state index in [4.69, 9.17) is 16.3 Å². The lowest BCUT2D eigenvalue weighted by molar-refractivity contribution is -0.142. The molecule has 0 radical (unpaired) electrons. The van der Waals surface area contributed by atoms with Crippen LogP contribution in [-0.4, -0.2) is 81.2 Å². The smallest absolute Gasteiger partial charge is 0.231 e. The zero-order valence-electron chi connectivity index (χ0n) is 18.6. The van der Waals surface area contributed by atoms with Crippen LogP contribution < -0.4 is 9.80 Å². The van der Waals surface area contributed by atoms with Crippen molar-refractivity contribution in [3.8, 4) is 5.69 Å². The highest BCUT2D eigenvalue weighted by atomic mass is 35.5. The Bertz CT molecular complexity index is 1240. The molecule has 2 aromatic heterocycles. The molecular formula is C23H24ClFN8O. The van der Waals surface area contributed by atoms with E-state index in [0.29, 0.717) is 24.7 Å². The average molecular weight is 483 g/mol. The number of halogens is 2. The van der Waals surface area contributed by atoms with Crippen molar-refractivity contribution in [3.63, 3.8) is 0 Å². The minimum atomic E-state index is -1.31. The number of aromatic nitrogens is 5. The maximum atomic E-state index is 14.9. The lowest BCUT2D eigenvalue weighted by Gasteiger charge is -2.60. The number of benzene rings is 1. The van der Waals surface area contributed by atoms with E-state index in [1.807, 2.05) is 24.4 Å². The van der Waals surface area contributed by atoms with Gasteiger partial charge in [0, 0.05) is 62.1 Å². The molecule has 9 nitrogen and oxygen atoms in total. The van der Waals surface area contributed by atoms with Crippen LogP contribution in [0.3, 0.4) is 0 Å². The van der Waals surface area contributed by atoms with Gasteiger partial charge >= 0.3 is 0 Å². The van der Waals surface area contributed by atoms with Crippen LogP contribution >= 0.6 is 11.6 Å². The summed E-state index contributed by atoms with van der Waals surface area (Å²) in [6.07, 6.45) is 5.24. The Morgan fingerprint density at radius 1 is 1.03 bits per heavy atom. The molecule has 0 atom stereocenters. The summed E-state index contributed by atoms with van der Waals surface area (Å²) < 4.78 is 22.1. The van der Waals surface area contributed by atoms with Gasteiger partial charge in [0.15, 0.2) is 11.5 Å². The van der Waals surface area contributed by atoms with Crippen LogP contribution in [0.15, 0.2) is 36.8 Å². The summed E-state index contributed by atoms with van der Waals surface area (Å²) in [6, 6.07) is 5.87. The van der Waals surface area contributed by atoms with Crippen LogP contribution in [-0.2, 0) is 17.8 Å². The summed E-state index contributed by atoms with van der Waals surface area (Å²) in [5.41, 5.74) is 0.994. The number of hydrogen-bond acceptors (Lipinski definition) is 8. The van der Waals surface area contributed by atoms with Crippen LogP contribution in [0.5, 0.6) is 0 Å². The van der Waals surface area contributed by atoms with Crippen molar-refractivity contribution in [3.05, 3.63) is 53.2 Å². The van der Waals surface area contributed by atoms with Crippen LogP contribution in [0, 0.1) is 5.41 Å². The molecule has 3 saturated heterocycles. The van der Waals surface area contributed by atoms with Gasteiger partial charge in [0.2, 0.25) is 5.95 Å². The summed E-state index contributed by atoms with van der Waals surface area (Å²) in [5, 5.41) is 9.77. The first-order chi connectivity index (χ1) is 16.5. The third-order valence-electron chi connectivity index (χ3n) is 7.24. The second-order valence-corrected chi connectivity index (χ2v) is 10.5. The summed E-state index contributed by atoms with van der Waals surface area (Å²) in [7, 11) is 0. The lowest BCUT2D eigenvalue weighted by atomic mass is 9.73. The Morgan fingerprint density at radius 2 is 1.85 bits per heavy atom. The van der Waals surface area contributed by atoms with Gasteiger partial charge in [-0.15, -0.1) is 10.2 Å². The van der Waals surface area contributed by atoms with Crippen molar-refractivity contribution in [2.45, 2.75) is 18.8 Å². The maximum absolute atomic E-state index is 14.9. The zero-order chi connectivity index (χ0) is 22.9. The van der Waals surface area contributed by atoms with Gasteiger partial charge in [-0.2, -0.15) is 0 Å². The van der Waals surface area contributed by atoms with E-state index in [0.717, 1.165) is 55.0 Å². The monoisotopic (exact) mass is 482 g/mol. The Morgan fingerprint density at radius 3 is 2.59 bits per heavy atom. The maximum Gasteiger partial charge on any atom is 0.231 e. The van der Waals surface area contributed by atoms with Crippen molar-refractivity contribution >= 4 is 23.4 Å². The number of fused-ring (bicyclic) bond motifs is 3. The first kappa shape index (κ1) is 20.5. The van der Waals surface area contributed by atoms with E-state index < -0.39 is 5.67 Å². The first-order valence-electron chi connectivity index (χ1n) is 11.5. The predicted molar refractivity (Wildman–Crippen MR) is 124 cm³/mol. The fraction of sp³-hybridized carbons (Fsp3) is 0.478. The van der Waals surface area contributed by atoms with Crippen molar-refractivity contribution in [2.75, 3.05) is 55.7 Å². The third kappa shape index (κ3) is 3.27. The van der Waals surface area contributed by atoms with E-state index in [9.17, 15) is 4.39 Å². The third-order valence-corrected chi connectivity index (χ3v) is 7.48. The van der Waals surface area contributed by atoms with E-state index in [1.165, 1.54) is 0 Å². The molecule has 1 spiro atoms. The van der Waals surface area contributed by atoms with Crippen LogP contribution in [0.4, 0.5) is 16.2 Å². The number of hydrogen-bond donors (Lipinski definition) is 0. The van der Waals surface area contributed by atoms with E-state index in [-0.39, 0.29) is 18.6 Å². The van der Waals surface area contributed by atoms with Gasteiger partial charge < -0.3 is 14.5 Å². The fourth-order valence-corrected chi connectivity index (χ4v) is 5.86. The highest BCUT2D eigenvalue weighted by molar-refractivity contribution is 6.30. The van der Waals surface area contributed by atoms with E-state index in [2.05, 4.69) is 39.4 Å². The summed E-state index contributed by atoms with van der Waals surface area (Å²) in [4.78, 5) is 15.2. The van der Waals surface area contributed by atoms with Gasteiger partial charge in [-0.05, 0) is 23.8 Å². The summed E-state index contributed by atoms with van der Waals surface area (Å²) in [6.45, 7) is 5.46. The van der Waals surface area contributed by atoms with Gasteiger partial charge in [-0.25, -0.2) is 9.37 Å². The van der Waals surface area contributed by atoms with Crippen molar-refractivity contribution in [1.29, 1.82) is 0 Å². The Kier molecular flexibility index (Phi) is 4.43. The van der Waals surface area contributed by atoms with Gasteiger partial charge in [-0.3, -0.25) is 14.5 Å². The normalized spacial score (nSPS) is 22.3. The van der Waals surface area contributed by atoms with Crippen LogP contribution in [0.1, 0.15) is 11.4 Å². The minimum Gasteiger partial charge on any atom is -0.375 e. The molecule has 3 fully saturated rings. The summed E-state index contributed by atoms with van der Waals surface area (Å²) >= 11 is 6.34. The predicted octanol–water partition coefficient (Wildman–Crippen LogP) is 2.09. The number of alkyl halides is 1. The molecule has 11 heteroatoms. The molecule has 0 amide bonds. The van der Waals surface area contributed by atoms with Crippen molar-refractivity contribution in [2.24, 2.45) is 5.41 Å². The van der Waals surface area contributed by atoms with Crippen molar-refractivity contribution in [1.82, 2.24) is 29.6 Å². The van der Waals surface area contributed by atoms with Gasteiger partial charge in [0.05, 0.1) is 31.6 Å². The van der Waals surface area contributed by atoms with Crippen molar-refractivity contribution < 1.29 is 9.13 Å². The quantitative estimate of drug-likeness (QED) is 0.559. The molecule has 0 saturated carbocycles. The lowest BCUT2D eigenvalue weighted by Crippen LogP contribution is -2.73. The number of nitrogens with zero attached hydrogens (tertiary/aromatic N) is 8. The number of rotatable bonds is 4. The zero-order valence-corrected chi connectivity index (χ0v) is 19.3. The molecule has 3 aromatic rings. The van der Waals surface area contributed by atoms with Gasteiger partial charge in [0.1, 0.15) is 5.82 Å². The molecule has 176 valence electrons. The fourth-order valence-electron chi connectivity index (χ4n) is 5.67. The van der Waals surface area contributed by atoms with E-state index >= 15 is 0 Å².